The standard InChI is InChI=1S/C20H30N2O3/c1-13-11-15-12-16(25-6)7-8-17(15)14(2)22(13)18(23)9-10-21-19(24)20(3,4)5/h7-8,12-14H,9-11H2,1-6H3,(H,21,24)/t13-,14+/m1/s1. The Balaban J connectivity index is 2.03. The van der Waals surface area contributed by atoms with Crippen LogP contribution in [0.15, 0.2) is 18.2 Å². The number of fused-ring (bicyclic) bond motifs is 1. The molecule has 1 aromatic rings. The lowest BCUT2D eigenvalue weighted by molar-refractivity contribution is -0.136. The highest BCUT2D eigenvalue weighted by atomic mass is 16.5. The number of amides is 2. The maximum atomic E-state index is 12.7. The van der Waals surface area contributed by atoms with Gasteiger partial charge in [-0.1, -0.05) is 26.8 Å². The first-order valence-corrected chi connectivity index (χ1v) is 8.91. The normalized spacial score (nSPS) is 20.0. The van der Waals surface area contributed by atoms with Gasteiger partial charge in [0.1, 0.15) is 5.75 Å². The molecule has 25 heavy (non-hydrogen) atoms. The highest BCUT2D eigenvalue weighted by Crippen LogP contribution is 2.35. The zero-order valence-electron chi connectivity index (χ0n) is 16.2. The number of carbonyl (C=O) groups is 2. The number of methoxy groups -OCH3 is 1. The number of benzene rings is 1. The molecule has 0 saturated carbocycles. The Morgan fingerprint density at radius 3 is 2.56 bits per heavy atom. The maximum absolute atomic E-state index is 12.7. The lowest BCUT2D eigenvalue weighted by atomic mass is 9.89. The van der Waals surface area contributed by atoms with Gasteiger partial charge in [0.05, 0.1) is 13.2 Å². The molecule has 2 amide bonds. The van der Waals surface area contributed by atoms with Crippen LogP contribution in [0.3, 0.4) is 0 Å². The Morgan fingerprint density at radius 2 is 1.96 bits per heavy atom. The van der Waals surface area contributed by atoms with Crippen molar-refractivity contribution in [2.24, 2.45) is 5.41 Å². The number of nitrogens with one attached hydrogen (secondary N) is 1. The van der Waals surface area contributed by atoms with Crippen LogP contribution < -0.4 is 10.1 Å². The largest absolute Gasteiger partial charge is 0.497 e. The lowest BCUT2D eigenvalue weighted by Crippen LogP contribution is -2.46. The van der Waals surface area contributed by atoms with E-state index in [0.29, 0.717) is 13.0 Å². The summed E-state index contributed by atoms with van der Waals surface area (Å²) < 4.78 is 5.31. The molecule has 0 radical (unpaired) electrons. The molecule has 1 heterocycles. The predicted molar refractivity (Wildman–Crippen MR) is 98.5 cm³/mol. The molecule has 0 saturated heterocycles. The van der Waals surface area contributed by atoms with Crippen molar-refractivity contribution in [1.82, 2.24) is 10.2 Å². The van der Waals surface area contributed by atoms with Gasteiger partial charge in [0.15, 0.2) is 0 Å². The zero-order chi connectivity index (χ0) is 18.8. The van der Waals surface area contributed by atoms with Crippen LogP contribution in [0.4, 0.5) is 0 Å². The molecule has 0 aliphatic carbocycles. The quantitative estimate of drug-likeness (QED) is 0.911. The molecule has 0 bridgehead atoms. The summed E-state index contributed by atoms with van der Waals surface area (Å²) in [5.74, 6) is 0.899. The van der Waals surface area contributed by atoms with E-state index in [1.807, 2.05) is 37.8 Å². The molecule has 138 valence electrons. The molecule has 1 aliphatic heterocycles. The van der Waals surface area contributed by atoms with Crippen molar-refractivity contribution in [3.05, 3.63) is 29.3 Å². The number of hydrogen-bond donors (Lipinski definition) is 1. The molecule has 1 aliphatic rings. The Kier molecular flexibility index (Phi) is 5.76. The van der Waals surface area contributed by atoms with Crippen molar-refractivity contribution in [2.75, 3.05) is 13.7 Å². The smallest absolute Gasteiger partial charge is 0.225 e. The van der Waals surface area contributed by atoms with E-state index in [2.05, 4.69) is 25.2 Å². The van der Waals surface area contributed by atoms with Gasteiger partial charge in [-0.3, -0.25) is 9.59 Å². The summed E-state index contributed by atoms with van der Waals surface area (Å²) in [6.07, 6.45) is 1.14. The fraction of sp³-hybridized carbons (Fsp3) is 0.600. The van der Waals surface area contributed by atoms with E-state index in [1.54, 1.807) is 7.11 Å². The summed E-state index contributed by atoms with van der Waals surface area (Å²) in [4.78, 5) is 26.6. The van der Waals surface area contributed by atoms with E-state index < -0.39 is 5.41 Å². The molecule has 0 aromatic heterocycles. The van der Waals surface area contributed by atoms with E-state index in [4.69, 9.17) is 4.74 Å². The highest BCUT2D eigenvalue weighted by Gasteiger charge is 2.32. The first-order chi connectivity index (χ1) is 11.6. The molecular weight excluding hydrogens is 316 g/mol. The van der Waals surface area contributed by atoms with Gasteiger partial charge in [0, 0.05) is 24.4 Å². The Morgan fingerprint density at radius 1 is 1.28 bits per heavy atom. The van der Waals surface area contributed by atoms with Crippen molar-refractivity contribution in [2.45, 2.75) is 59.5 Å². The fourth-order valence-corrected chi connectivity index (χ4v) is 3.38. The molecule has 1 aromatic carbocycles. The van der Waals surface area contributed by atoms with Gasteiger partial charge in [0.2, 0.25) is 11.8 Å². The minimum atomic E-state index is -0.438. The molecule has 1 N–H and O–H groups in total. The van der Waals surface area contributed by atoms with Crippen LogP contribution in [-0.4, -0.2) is 36.4 Å². The minimum Gasteiger partial charge on any atom is -0.497 e. The molecule has 2 atom stereocenters. The molecule has 5 nitrogen and oxygen atoms in total. The van der Waals surface area contributed by atoms with Crippen LogP contribution in [0, 0.1) is 5.41 Å². The van der Waals surface area contributed by atoms with Gasteiger partial charge < -0.3 is 15.0 Å². The number of carbonyl (C=O) groups excluding carboxylic acids is 2. The number of hydrogen-bond acceptors (Lipinski definition) is 3. The molecule has 0 spiro atoms. The van der Waals surface area contributed by atoms with Crippen LogP contribution >= 0.6 is 0 Å². The van der Waals surface area contributed by atoms with Crippen molar-refractivity contribution in [3.8, 4) is 5.75 Å². The van der Waals surface area contributed by atoms with Gasteiger partial charge in [-0.15, -0.1) is 0 Å². The van der Waals surface area contributed by atoms with E-state index in [-0.39, 0.29) is 23.9 Å². The predicted octanol–water partition coefficient (Wildman–Crippen LogP) is 3.08. The monoisotopic (exact) mass is 346 g/mol. The van der Waals surface area contributed by atoms with Crippen LogP contribution in [0.25, 0.3) is 0 Å². The van der Waals surface area contributed by atoms with Gasteiger partial charge >= 0.3 is 0 Å². The summed E-state index contributed by atoms with van der Waals surface area (Å²) in [6.45, 7) is 10.1. The van der Waals surface area contributed by atoms with E-state index in [0.717, 1.165) is 12.2 Å². The number of rotatable bonds is 4. The first-order valence-electron chi connectivity index (χ1n) is 8.91. The topological polar surface area (TPSA) is 58.6 Å². The van der Waals surface area contributed by atoms with Crippen LogP contribution in [-0.2, 0) is 16.0 Å². The van der Waals surface area contributed by atoms with Crippen molar-refractivity contribution >= 4 is 11.8 Å². The number of ether oxygens (including phenoxy) is 1. The Bertz CT molecular complexity index is 649. The Labute approximate surface area is 150 Å². The fourth-order valence-electron chi connectivity index (χ4n) is 3.38. The van der Waals surface area contributed by atoms with E-state index >= 15 is 0 Å². The summed E-state index contributed by atoms with van der Waals surface area (Å²) in [6, 6.07) is 6.20. The average Bonchev–Trinajstić information content (AvgIpc) is 2.53. The number of nitrogens with zero attached hydrogens (tertiary/aromatic N) is 1. The summed E-state index contributed by atoms with van der Waals surface area (Å²) in [5, 5.41) is 2.85. The molecule has 0 unspecified atom stereocenters. The SMILES string of the molecule is COc1ccc2c(c1)C[C@@H](C)N(C(=O)CCNC(=O)C(C)(C)C)[C@H]2C. The van der Waals surface area contributed by atoms with Crippen LogP contribution in [0.1, 0.15) is 58.2 Å². The lowest BCUT2D eigenvalue weighted by Gasteiger charge is -2.40. The Hall–Kier alpha value is -2.04. The van der Waals surface area contributed by atoms with Crippen molar-refractivity contribution in [1.29, 1.82) is 0 Å². The third kappa shape index (κ3) is 4.33. The van der Waals surface area contributed by atoms with Gasteiger partial charge in [-0.05, 0) is 43.5 Å². The minimum absolute atomic E-state index is 0.0236. The van der Waals surface area contributed by atoms with Gasteiger partial charge in [-0.2, -0.15) is 0 Å². The second-order valence-electron chi connectivity index (χ2n) is 7.85. The van der Waals surface area contributed by atoms with Gasteiger partial charge in [0.25, 0.3) is 0 Å². The second kappa shape index (κ2) is 7.46. The van der Waals surface area contributed by atoms with E-state index in [9.17, 15) is 9.59 Å². The summed E-state index contributed by atoms with van der Waals surface area (Å²) in [7, 11) is 1.67. The molecule has 5 heteroatoms. The highest BCUT2D eigenvalue weighted by molar-refractivity contribution is 5.82. The summed E-state index contributed by atoms with van der Waals surface area (Å²) in [5.41, 5.74) is 1.97. The molecular formula is C20H30N2O3. The van der Waals surface area contributed by atoms with Crippen molar-refractivity contribution < 1.29 is 14.3 Å². The summed E-state index contributed by atoms with van der Waals surface area (Å²) >= 11 is 0. The van der Waals surface area contributed by atoms with Gasteiger partial charge in [-0.25, -0.2) is 0 Å². The second-order valence-corrected chi connectivity index (χ2v) is 7.85. The zero-order valence-corrected chi connectivity index (χ0v) is 16.2. The maximum Gasteiger partial charge on any atom is 0.225 e. The van der Waals surface area contributed by atoms with Crippen LogP contribution in [0.2, 0.25) is 0 Å². The molecule has 0 fully saturated rings. The molecule has 2 rings (SSSR count). The third-order valence-corrected chi connectivity index (χ3v) is 4.80. The first kappa shape index (κ1) is 19.3. The average molecular weight is 346 g/mol. The van der Waals surface area contributed by atoms with Crippen molar-refractivity contribution in [3.63, 3.8) is 0 Å². The third-order valence-electron chi connectivity index (χ3n) is 4.80. The van der Waals surface area contributed by atoms with E-state index in [1.165, 1.54) is 11.1 Å². The van der Waals surface area contributed by atoms with Crippen LogP contribution in [0.5, 0.6) is 5.75 Å².